The maximum atomic E-state index is 13.1. The number of nitrogens with one attached hydrogen (secondary N) is 1. The molecule has 1 aliphatic rings. The lowest BCUT2D eigenvalue weighted by molar-refractivity contribution is -0.139. The van der Waals surface area contributed by atoms with Crippen LogP contribution in [0, 0.1) is 6.92 Å². The Morgan fingerprint density at radius 2 is 1.71 bits per heavy atom. The van der Waals surface area contributed by atoms with Gasteiger partial charge in [0.1, 0.15) is 6.04 Å². The number of carbonyl (C=O) groups excluding carboxylic acids is 2. The number of hydrogen-bond acceptors (Lipinski definition) is 4. The number of hydrogen-bond donors (Lipinski definition) is 2. The molecule has 2 N–H and O–H groups in total. The number of aliphatic carboxylic acids is 1. The molecule has 0 fully saturated rings. The molecule has 1 aliphatic heterocycles. The van der Waals surface area contributed by atoms with Crippen LogP contribution >= 0.6 is 23.2 Å². The zero-order valence-corrected chi connectivity index (χ0v) is 20.0. The summed E-state index contributed by atoms with van der Waals surface area (Å²) < 4.78 is 0. The molecule has 1 heterocycles. The monoisotopic (exact) mass is 507 g/mol. The first kappa shape index (κ1) is 24.2. The van der Waals surface area contributed by atoms with Gasteiger partial charge in [0.05, 0.1) is 26.9 Å². The molecule has 0 saturated carbocycles. The molecule has 35 heavy (non-hydrogen) atoms. The van der Waals surface area contributed by atoms with Gasteiger partial charge in [-0.05, 0) is 47.9 Å². The average molecular weight is 508 g/mol. The molecule has 7 nitrogen and oxygen atoms in total. The standard InChI is InChI=1S/C26H19Cl2N3O4/c1-15-4-2-5-17-12-13-29-31(25(33)22(15)17)18-10-8-16(9-11-18)14-21(26(34)35)30-24(32)23-19(27)6-3-7-20(23)28/h2-12,21H,14H2,1H3,(H,30,32)(H,34,35)/t21-/m0/s1. The molecule has 2 amide bonds. The number of fused-ring (bicyclic) bond motifs is 1. The van der Waals surface area contributed by atoms with Gasteiger partial charge in [0.2, 0.25) is 0 Å². The minimum absolute atomic E-state index is 0.00246. The fraction of sp³-hybridized carbons (Fsp3) is 0.115. The minimum atomic E-state index is -1.23. The van der Waals surface area contributed by atoms with E-state index < -0.39 is 17.9 Å². The fourth-order valence-corrected chi connectivity index (χ4v) is 4.31. The van der Waals surface area contributed by atoms with E-state index in [2.05, 4.69) is 16.3 Å². The van der Waals surface area contributed by atoms with Crippen molar-refractivity contribution in [3.63, 3.8) is 0 Å². The van der Waals surface area contributed by atoms with Gasteiger partial charge in [-0.25, -0.2) is 4.79 Å². The van der Waals surface area contributed by atoms with Crippen LogP contribution in [0.3, 0.4) is 0 Å². The van der Waals surface area contributed by atoms with Gasteiger partial charge in [0.15, 0.2) is 0 Å². The summed E-state index contributed by atoms with van der Waals surface area (Å²) in [5.41, 5.74) is 3.23. The van der Waals surface area contributed by atoms with E-state index in [0.717, 1.165) is 11.1 Å². The van der Waals surface area contributed by atoms with Crippen molar-refractivity contribution < 1.29 is 19.5 Å². The Morgan fingerprint density at radius 3 is 2.37 bits per heavy atom. The van der Waals surface area contributed by atoms with Crippen molar-refractivity contribution in [2.24, 2.45) is 5.10 Å². The average Bonchev–Trinajstić information content (AvgIpc) is 2.98. The SMILES string of the molecule is Cc1cccc2c1C(=O)N(c1ccc(C[C@H](NC(=O)c3c(Cl)cccc3Cl)C(=O)O)cc1)N=C=C2. The second-order valence-corrected chi connectivity index (χ2v) is 8.68. The zero-order valence-electron chi connectivity index (χ0n) is 18.5. The lowest BCUT2D eigenvalue weighted by Crippen LogP contribution is -2.42. The van der Waals surface area contributed by atoms with Gasteiger partial charge in [-0.3, -0.25) is 9.59 Å². The predicted octanol–water partition coefficient (Wildman–Crippen LogP) is 4.99. The van der Waals surface area contributed by atoms with E-state index >= 15 is 0 Å². The third-order valence-electron chi connectivity index (χ3n) is 5.50. The molecule has 0 spiro atoms. The molecular weight excluding hydrogens is 489 g/mol. The first-order chi connectivity index (χ1) is 16.8. The van der Waals surface area contributed by atoms with Crippen LogP contribution in [-0.4, -0.2) is 34.8 Å². The number of hydrazone groups is 1. The molecular formula is C26H19Cl2N3O4. The van der Waals surface area contributed by atoms with Crippen molar-refractivity contribution in [1.29, 1.82) is 0 Å². The molecule has 3 aromatic rings. The highest BCUT2D eigenvalue weighted by molar-refractivity contribution is 6.39. The Labute approximate surface area is 211 Å². The molecule has 0 aromatic heterocycles. The van der Waals surface area contributed by atoms with Crippen molar-refractivity contribution in [3.05, 3.63) is 98.5 Å². The maximum Gasteiger partial charge on any atom is 0.326 e. The van der Waals surface area contributed by atoms with Crippen molar-refractivity contribution in [3.8, 4) is 0 Å². The number of halogens is 2. The van der Waals surface area contributed by atoms with E-state index in [0.29, 0.717) is 16.8 Å². The van der Waals surface area contributed by atoms with Crippen LogP contribution < -0.4 is 10.3 Å². The Balaban J connectivity index is 1.53. The first-order valence-corrected chi connectivity index (χ1v) is 11.3. The van der Waals surface area contributed by atoms with E-state index in [1.54, 1.807) is 36.4 Å². The molecule has 9 heteroatoms. The summed E-state index contributed by atoms with van der Waals surface area (Å²) in [6.45, 7) is 1.85. The van der Waals surface area contributed by atoms with Crippen molar-refractivity contribution in [2.45, 2.75) is 19.4 Å². The number of nitrogens with zero attached hydrogens (tertiary/aromatic N) is 2. The van der Waals surface area contributed by atoms with E-state index in [9.17, 15) is 19.5 Å². The molecule has 1 atom stereocenters. The van der Waals surface area contributed by atoms with E-state index in [1.807, 2.05) is 25.1 Å². The zero-order chi connectivity index (χ0) is 25.1. The molecule has 3 aromatic carbocycles. The normalized spacial score (nSPS) is 13.2. The van der Waals surface area contributed by atoms with Gasteiger partial charge in [0, 0.05) is 18.4 Å². The van der Waals surface area contributed by atoms with Crippen LogP contribution in [0.15, 0.2) is 65.8 Å². The lowest BCUT2D eigenvalue weighted by atomic mass is 10.0. The van der Waals surface area contributed by atoms with E-state index in [4.69, 9.17) is 23.2 Å². The third-order valence-corrected chi connectivity index (χ3v) is 6.13. The largest absolute Gasteiger partial charge is 0.480 e. The topological polar surface area (TPSA) is 99.1 Å². The first-order valence-electron chi connectivity index (χ1n) is 10.6. The second kappa shape index (κ2) is 10.2. The third kappa shape index (κ3) is 5.12. The number of carboxylic acids is 1. The Kier molecular flexibility index (Phi) is 7.03. The quantitative estimate of drug-likeness (QED) is 0.491. The minimum Gasteiger partial charge on any atom is -0.480 e. The number of anilines is 1. The number of aryl methyl sites for hydroxylation is 1. The van der Waals surface area contributed by atoms with Gasteiger partial charge in [0.25, 0.3) is 11.8 Å². The molecule has 0 bridgehead atoms. The molecule has 0 radical (unpaired) electrons. The number of carboxylic acid groups (broad SMARTS) is 1. The number of rotatable bonds is 6. The highest BCUT2D eigenvalue weighted by Crippen LogP contribution is 2.26. The summed E-state index contributed by atoms with van der Waals surface area (Å²) in [4.78, 5) is 37.6. The number of amides is 2. The molecule has 0 aliphatic carbocycles. The van der Waals surface area contributed by atoms with Crippen molar-refractivity contribution in [1.82, 2.24) is 5.32 Å². The summed E-state index contributed by atoms with van der Waals surface area (Å²) in [6, 6.07) is 15.6. The summed E-state index contributed by atoms with van der Waals surface area (Å²) in [6.07, 6.45) is 1.66. The summed E-state index contributed by atoms with van der Waals surface area (Å²) in [5.74, 6) is 0.586. The van der Waals surface area contributed by atoms with Crippen molar-refractivity contribution in [2.75, 3.05) is 5.01 Å². The number of benzene rings is 3. The summed E-state index contributed by atoms with van der Waals surface area (Å²) in [7, 11) is 0. The van der Waals surface area contributed by atoms with E-state index in [1.165, 1.54) is 17.1 Å². The summed E-state index contributed by atoms with van der Waals surface area (Å²) >= 11 is 12.1. The molecule has 4 rings (SSSR count). The molecule has 0 saturated heterocycles. The predicted molar refractivity (Wildman–Crippen MR) is 135 cm³/mol. The van der Waals surface area contributed by atoms with Crippen LogP contribution in [-0.2, 0) is 11.2 Å². The van der Waals surface area contributed by atoms with Crippen LogP contribution in [0.1, 0.15) is 37.4 Å². The van der Waals surface area contributed by atoms with Gasteiger partial charge in [-0.15, -0.1) is 5.10 Å². The fourth-order valence-electron chi connectivity index (χ4n) is 3.74. The highest BCUT2D eigenvalue weighted by atomic mass is 35.5. The Hall–Kier alpha value is -3.90. The maximum absolute atomic E-state index is 13.1. The Bertz CT molecular complexity index is 1380. The van der Waals surface area contributed by atoms with Gasteiger partial charge in [-0.1, -0.05) is 59.6 Å². The van der Waals surface area contributed by atoms with Gasteiger partial charge < -0.3 is 10.4 Å². The second-order valence-electron chi connectivity index (χ2n) is 7.86. The van der Waals surface area contributed by atoms with Crippen LogP contribution in [0.5, 0.6) is 0 Å². The lowest BCUT2D eigenvalue weighted by Gasteiger charge is -2.19. The van der Waals surface area contributed by atoms with Crippen LogP contribution in [0.4, 0.5) is 5.69 Å². The van der Waals surface area contributed by atoms with Crippen molar-refractivity contribution >= 4 is 58.6 Å². The van der Waals surface area contributed by atoms with Gasteiger partial charge >= 0.3 is 5.97 Å². The smallest absolute Gasteiger partial charge is 0.326 e. The van der Waals surface area contributed by atoms with Crippen LogP contribution in [0.2, 0.25) is 10.0 Å². The van der Waals surface area contributed by atoms with E-state index in [-0.39, 0.29) is 27.9 Å². The highest BCUT2D eigenvalue weighted by Gasteiger charge is 2.25. The molecule has 176 valence electrons. The Morgan fingerprint density at radius 1 is 1.06 bits per heavy atom. The molecule has 0 unspecified atom stereocenters. The van der Waals surface area contributed by atoms with Crippen LogP contribution in [0.25, 0.3) is 6.08 Å². The number of carbonyl (C=O) groups is 3. The van der Waals surface area contributed by atoms with Gasteiger partial charge in [-0.2, -0.15) is 5.01 Å². The summed E-state index contributed by atoms with van der Waals surface area (Å²) in [5, 5.41) is 17.8.